The van der Waals surface area contributed by atoms with E-state index in [0.29, 0.717) is 6.54 Å². The molecule has 2 rings (SSSR count). The smallest absolute Gasteiger partial charge is 0.225 e. The van der Waals surface area contributed by atoms with Gasteiger partial charge in [-0.25, -0.2) is 9.97 Å². The van der Waals surface area contributed by atoms with E-state index >= 15 is 0 Å². The van der Waals surface area contributed by atoms with Crippen LogP contribution in [0, 0.1) is 12.8 Å². The number of carbonyl (C=O) groups excluding carboxylic acids is 1. The Balaban J connectivity index is 2.18. The Labute approximate surface area is 113 Å². The summed E-state index contributed by atoms with van der Waals surface area (Å²) in [6, 6.07) is 1.96. The maximum Gasteiger partial charge on any atom is 0.225 e. The van der Waals surface area contributed by atoms with Crippen molar-refractivity contribution in [3.63, 3.8) is 0 Å². The first-order valence-corrected chi connectivity index (χ1v) is 6.54. The maximum absolute atomic E-state index is 11.9. The summed E-state index contributed by atoms with van der Waals surface area (Å²) in [6.07, 6.45) is 1.58. The highest BCUT2D eigenvalue weighted by Crippen LogP contribution is 2.16. The van der Waals surface area contributed by atoms with Crippen molar-refractivity contribution in [3.05, 3.63) is 18.1 Å². The molecule has 1 aliphatic rings. The van der Waals surface area contributed by atoms with Crippen LogP contribution in [0.2, 0.25) is 0 Å². The van der Waals surface area contributed by atoms with Gasteiger partial charge in [-0.15, -0.1) is 0 Å². The molecule has 0 spiro atoms. The van der Waals surface area contributed by atoms with Gasteiger partial charge in [0.25, 0.3) is 0 Å². The highest BCUT2D eigenvalue weighted by atomic mass is 16.1. The van der Waals surface area contributed by atoms with Crippen molar-refractivity contribution in [1.82, 2.24) is 20.2 Å². The number of likely N-dealkylation sites (N-methyl/N-ethyl adjacent to an activating group) is 1. The molecule has 6 heteroatoms. The van der Waals surface area contributed by atoms with Crippen LogP contribution in [0.4, 0.5) is 5.82 Å². The number of anilines is 1. The van der Waals surface area contributed by atoms with Crippen molar-refractivity contribution >= 4 is 11.7 Å². The van der Waals surface area contributed by atoms with Gasteiger partial charge < -0.3 is 15.1 Å². The monoisotopic (exact) mass is 263 g/mol. The number of aryl methyl sites for hydroxylation is 1. The molecule has 0 bridgehead atoms. The van der Waals surface area contributed by atoms with Crippen molar-refractivity contribution < 1.29 is 4.79 Å². The van der Waals surface area contributed by atoms with Crippen LogP contribution in [0.3, 0.4) is 0 Å². The van der Waals surface area contributed by atoms with Crippen LogP contribution in [-0.4, -0.2) is 61.0 Å². The number of aromatic nitrogens is 2. The van der Waals surface area contributed by atoms with Crippen molar-refractivity contribution in [2.45, 2.75) is 6.92 Å². The summed E-state index contributed by atoms with van der Waals surface area (Å²) in [5.74, 6) is 0.953. The molecule has 0 aliphatic carbocycles. The molecule has 2 heterocycles. The maximum atomic E-state index is 11.9. The fourth-order valence-electron chi connectivity index (χ4n) is 2.37. The van der Waals surface area contributed by atoms with Gasteiger partial charge >= 0.3 is 0 Å². The Kier molecular flexibility index (Phi) is 4.31. The second kappa shape index (κ2) is 5.97. The Hall–Kier alpha value is -1.69. The lowest BCUT2D eigenvalue weighted by Gasteiger charge is -2.24. The highest BCUT2D eigenvalue weighted by Gasteiger charge is 2.26. The topological polar surface area (TPSA) is 61.4 Å². The zero-order chi connectivity index (χ0) is 13.8. The second-order valence-corrected chi connectivity index (χ2v) is 5.04. The van der Waals surface area contributed by atoms with Gasteiger partial charge in [-0.1, -0.05) is 0 Å². The minimum Gasteiger partial charge on any atom is -0.359 e. The Bertz CT molecular complexity index is 450. The molecule has 104 valence electrons. The van der Waals surface area contributed by atoms with E-state index in [-0.39, 0.29) is 11.8 Å². The summed E-state index contributed by atoms with van der Waals surface area (Å²) in [7, 11) is 3.73. The number of nitrogens with one attached hydrogen (secondary N) is 1. The normalized spacial score (nSPS) is 21.0. The highest BCUT2D eigenvalue weighted by molar-refractivity contribution is 5.79. The first kappa shape index (κ1) is 13.7. The van der Waals surface area contributed by atoms with E-state index in [2.05, 4.69) is 25.1 Å². The lowest BCUT2D eigenvalue weighted by molar-refractivity contribution is -0.124. The molecular formula is C13H21N5O. The average Bonchev–Trinajstić information content (AvgIpc) is 2.60. The predicted molar refractivity (Wildman–Crippen MR) is 74.0 cm³/mol. The molecule has 1 fully saturated rings. The molecule has 1 aliphatic heterocycles. The predicted octanol–water partition coefficient (Wildman–Crippen LogP) is -0.101. The molecular weight excluding hydrogens is 242 g/mol. The van der Waals surface area contributed by atoms with E-state index < -0.39 is 0 Å². The zero-order valence-electron chi connectivity index (χ0n) is 11.8. The van der Waals surface area contributed by atoms with Gasteiger partial charge in [0.15, 0.2) is 0 Å². The number of carbonyl (C=O) groups is 1. The summed E-state index contributed by atoms with van der Waals surface area (Å²) < 4.78 is 0. The quantitative estimate of drug-likeness (QED) is 0.807. The first-order chi connectivity index (χ1) is 9.10. The molecule has 1 aromatic rings. The number of rotatable bonds is 2. The van der Waals surface area contributed by atoms with Crippen molar-refractivity contribution in [2.75, 3.05) is 45.2 Å². The molecule has 19 heavy (non-hydrogen) atoms. The van der Waals surface area contributed by atoms with Crippen LogP contribution in [0.15, 0.2) is 12.4 Å². The third kappa shape index (κ3) is 3.41. The van der Waals surface area contributed by atoms with Gasteiger partial charge in [-0.3, -0.25) is 4.79 Å². The van der Waals surface area contributed by atoms with Crippen LogP contribution in [0.1, 0.15) is 5.69 Å². The van der Waals surface area contributed by atoms with Crippen LogP contribution >= 0.6 is 0 Å². The summed E-state index contributed by atoms with van der Waals surface area (Å²) in [6.45, 7) is 5.23. The van der Waals surface area contributed by atoms with E-state index in [0.717, 1.165) is 31.1 Å². The fraction of sp³-hybridized carbons (Fsp3) is 0.615. The van der Waals surface area contributed by atoms with Crippen LogP contribution in [0.5, 0.6) is 0 Å². The lowest BCUT2D eigenvalue weighted by Crippen LogP contribution is -2.39. The molecule has 6 nitrogen and oxygen atoms in total. The fourth-order valence-corrected chi connectivity index (χ4v) is 2.37. The van der Waals surface area contributed by atoms with Gasteiger partial charge in [-0.2, -0.15) is 0 Å². The molecule has 1 N–H and O–H groups in total. The summed E-state index contributed by atoms with van der Waals surface area (Å²) in [5, 5.41) is 2.74. The molecule has 0 saturated carbocycles. The lowest BCUT2D eigenvalue weighted by atomic mass is 10.1. The van der Waals surface area contributed by atoms with E-state index in [9.17, 15) is 4.79 Å². The Morgan fingerprint density at radius 2 is 2.16 bits per heavy atom. The first-order valence-electron chi connectivity index (χ1n) is 6.54. The zero-order valence-corrected chi connectivity index (χ0v) is 11.8. The Morgan fingerprint density at radius 3 is 2.84 bits per heavy atom. The second-order valence-electron chi connectivity index (χ2n) is 5.04. The van der Waals surface area contributed by atoms with Crippen LogP contribution in [0.25, 0.3) is 0 Å². The third-order valence-corrected chi connectivity index (χ3v) is 3.46. The minimum absolute atomic E-state index is 0.0345. The average molecular weight is 263 g/mol. The standard InChI is InChI=1S/C13H21N5O/c1-10-6-12(16-9-15-10)18-5-4-17(3)7-11(8-18)13(19)14-2/h6,9,11H,4-5,7-8H2,1-3H3,(H,14,19)/t11-/m0/s1. The van der Waals surface area contributed by atoms with Crippen LogP contribution < -0.4 is 10.2 Å². The molecule has 1 atom stereocenters. The molecule has 0 aromatic carbocycles. The van der Waals surface area contributed by atoms with Gasteiger partial charge in [-0.05, 0) is 14.0 Å². The molecule has 0 unspecified atom stereocenters. The third-order valence-electron chi connectivity index (χ3n) is 3.46. The van der Waals surface area contributed by atoms with E-state index in [4.69, 9.17) is 0 Å². The largest absolute Gasteiger partial charge is 0.359 e. The number of amides is 1. The SMILES string of the molecule is CNC(=O)[C@H]1CN(C)CCN(c2cc(C)ncn2)C1. The molecule has 1 amide bonds. The summed E-state index contributed by atoms with van der Waals surface area (Å²) in [4.78, 5) is 24.7. The summed E-state index contributed by atoms with van der Waals surface area (Å²) >= 11 is 0. The van der Waals surface area contributed by atoms with Gasteiger partial charge in [0.05, 0.1) is 5.92 Å². The minimum atomic E-state index is -0.0345. The number of hydrogen-bond donors (Lipinski definition) is 1. The van der Waals surface area contributed by atoms with Gasteiger partial charge in [0.1, 0.15) is 12.1 Å². The van der Waals surface area contributed by atoms with Crippen molar-refractivity contribution in [1.29, 1.82) is 0 Å². The molecule has 1 saturated heterocycles. The number of hydrogen-bond acceptors (Lipinski definition) is 5. The molecule has 0 radical (unpaired) electrons. The van der Waals surface area contributed by atoms with E-state index in [1.54, 1.807) is 13.4 Å². The Morgan fingerprint density at radius 1 is 1.37 bits per heavy atom. The van der Waals surface area contributed by atoms with E-state index in [1.807, 2.05) is 20.0 Å². The number of nitrogens with zero attached hydrogens (tertiary/aromatic N) is 4. The van der Waals surface area contributed by atoms with Crippen LogP contribution in [-0.2, 0) is 4.79 Å². The van der Waals surface area contributed by atoms with Gasteiger partial charge in [0, 0.05) is 45.0 Å². The van der Waals surface area contributed by atoms with Crippen molar-refractivity contribution in [3.8, 4) is 0 Å². The van der Waals surface area contributed by atoms with Crippen molar-refractivity contribution in [2.24, 2.45) is 5.92 Å². The summed E-state index contributed by atoms with van der Waals surface area (Å²) in [5.41, 5.74) is 0.944. The molecule has 1 aromatic heterocycles. The van der Waals surface area contributed by atoms with Gasteiger partial charge in [0.2, 0.25) is 5.91 Å². The van der Waals surface area contributed by atoms with E-state index in [1.165, 1.54) is 0 Å².